The Morgan fingerprint density at radius 2 is 1.68 bits per heavy atom. The molecule has 0 bridgehead atoms. The Kier molecular flexibility index (Phi) is 5.54. The molecule has 1 fully saturated rings. The summed E-state index contributed by atoms with van der Waals surface area (Å²) in [6, 6.07) is 23.1. The molecule has 0 aliphatic carbocycles. The van der Waals surface area contributed by atoms with Crippen molar-refractivity contribution in [1.29, 1.82) is 0 Å². The second kappa shape index (κ2) is 8.47. The quantitative estimate of drug-likeness (QED) is 0.554. The van der Waals surface area contributed by atoms with E-state index in [1.807, 2.05) is 24.3 Å². The number of fused-ring (bicyclic) bond motifs is 3. The molecule has 2 heterocycles. The highest BCUT2D eigenvalue weighted by molar-refractivity contribution is 6.07. The minimum absolute atomic E-state index is 0.0812. The molecule has 160 valence electrons. The van der Waals surface area contributed by atoms with E-state index < -0.39 is 0 Å². The average molecular weight is 413 g/mol. The number of benzene rings is 3. The van der Waals surface area contributed by atoms with Crippen molar-refractivity contribution in [2.24, 2.45) is 0 Å². The number of likely N-dealkylation sites (tertiary alicyclic amines) is 1. The van der Waals surface area contributed by atoms with Crippen molar-refractivity contribution >= 4 is 16.7 Å². The summed E-state index contributed by atoms with van der Waals surface area (Å²) < 4.78 is 0. The third kappa shape index (κ3) is 3.76. The van der Waals surface area contributed by atoms with Gasteiger partial charge in [0.25, 0.3) is 5.91 Å². The summed E-state index contributed by atoms with van der Waals surface area (Å²) in [5.74, 6) is 0.166. The summed E-state index contributed by atoms with van der Waals surface area (Å²) in [5, 5.41) is 2.18. The number of hydrogen-bond acceptors (Lipinski definition) is 2. The van der Waals surface area contributed by atoms with Crippen molar-refractivity contribution < 1.29 is 4.79 Å². The number of carbonyl (C=O) groups excluding carboxylic acids is 1. The third-order valence-electron chi connectivity index (χ3n) is 7.39. The average Bonchev–Trinajstić information content (AvgIpc) is 2.83. The van der Waals surface area contributed by atoms with Crippen LogP contribution < -0.4 is 0 Å². The van der Waals surface area contributed by atoms with Crippen LogP contribution >= 0.6 is 0 Å². The molecule has 31 heavy (non-hydrogen) atoms. The molecule has 3 aromatic rings. The maximum absolute atomic E-state index is 13.8. The van der Waals surface area contributed by atoms with Crippen LogP contribution in [0.15, 0.2) is 66.7 Å². The molecule has 0 atom stereocenters. The normalized spacial score (nSPS) is 18.3. The Morgan fingerprint density at radius 3 is 2.52 bits per heavy atom. The first-order valence-electron chi connectivity index (χ1n) is 11.8. The minimum Gasteiger partial charge on any atom is -0.333 e. The van der Waals surface area contributed by atoms with Crippen LogP contribution in [0.1, 0.15) is 54.1 Å². The molecule has 1 amide bonds. The van der Waals surface area contributed by atoms with E-state index in [0.29, 0.717) is 6.54 Å². The molecule has 1 spiro atoms. The number of amides is 1. The fourth-order valence-corrected chi connectivity index (χ4v) is 5.63. The fourth-order valence-electron chi connectivity index (χ4n) is 5.63. The van der Waals surface area contributed by atoms with Crippen LogP contribution in [-0.2, 0) is 12.0 Å². The van der Waals surface area contributed by atoms with Gasteiger partial charge in [0.15, 0.2) is 0 Å². The zero-order valence-electron chi connectivity index (χ0n) is 18.5. The van der Waals surface area contributed by atoms with Crippen molar-refractivity contribution in [1.82, 2.24) is 9.80 Å². The molecule has 0 radical (unpaired) electrons. The van der Waals surface area contributed by atoms with Gasteiger partial charge in [-0.25, -0.2) is 0 Å². The highest BCUT2D eigenvalue weighted by atomic mass is 16.2. The molecule has 0 saturated carbocycles. The number of rotatable bonds is 4. The summed E-state index contributed by atoms with van der Waals surface area (Å²) in [7, 11) is 0. The van der Waals surface area contributed by atoms with Crippen molar-refractivity contribution in [3.8, 4) is 0 Å². The van der Waals surface area contributed by atoms with Gasteiger partial charge in [0.1, 0.15) is 0 Å². The second-order valence-electron chi connectivity index (χ2n) is 9.32. The number of carbonyl (C=O) groups is 1. The molecule has 0 unspecified atom stereocenters. The molecule has 3 nitrogen and oxygen atoms in total. The summed E-state index contributed by atoms with van der Waals surface area (Å²) in [6.45, 7) is 7.26. The van der Waals surface area contributed by atoms with Crippen LogP contribution in [-0.4, -0.2) is 41.9 Å². The van der Waals surface area contributed by atoms with Crippen LogP contribution in [0, 0.1) is 0 Å². The Balaban J connectivity index is 1.46. The number of nitrogens with zero attached hydrogens (tertiary/aromatic N) is 2. The lowest BCUT2D eigenvalue weighted by Crippen LogP contribution is -2.53. The fraction of sp³-hybridized carbons (Fsp3) is 0.393. The van der Waals surface area contributed by atoms with Crippen molar-refractivity contribution in [3.05, 3.63) is 83.4 Å². The van der Waals surface area contributed by atoms with Gasteiger partial charge >= 0.3 is 0 Å². The predicted octanol–water partition coefficient (Wildman–Crippen LogP) is 5.63. The Bertz CT molecular complexity index is 1080. The monoisotopic (exact) mass is 412 g/mol. The van der Waals surface area contributed by atoms with Crippen LogP contribution in [0.3, 0.4) is 0 Å². The molecule has 2 aliphatic rings. The molecule has 0 N–H and O–H groups in total. The van der Waals surface area contributed by atoms with Crippen LogP contribution in [0.2, 0.25) is 0 Å². The first-order valence-corrected chi connectivity index (χ1v) is 11.8. The molecule has 2 aliphatic heterocycles. The number of hydrogen-bond donors (Lipinski definition) is 0. The molecule has 5 rings (SSSR count). The van der Waals surface area contributed by atoms with Gasteiger partial charge in [0.2, 0.25) is 0 Å². The van der Waals surface area contributed by atoms with E-state index in [2.05, 4.69) is 59.2 Å². The zero-order valence-corrected chi connectivity index (χ0v) is 18.5. The highest BCUT2D eigenvalue weighted by Crippen LogP contribution is 2.42. The van der Waals surface area contributed by atoms with Crippen LogP contribution in [0.5, 0.6) is 0 Å². The lowest BCUT2D eigenvalue weighted by molar-refractivity contribution is 0.0580. The molecular weight excluding hydrogens is 380 g/mol. The summed E-state index contributed by atoms with van der Waals surface area (Å²) in [5.41, 5.74) is 3.71. The maximum Gasteiger partial charge on any atom is 0.254 e. The SMILES string of the molecule is CCCCN1CCC2(CC1)CN(C(=O)c1cccc3ccccc13)Cc1ccccc12. The molecular formula is C28H32N2O. The Labute approximate surface area is 185 Å². The van der Waals surface area contributed by atoms with Gasteiger partial charge < -0.3 is 9.80 Å². The van der Waals surface area contributed by atoms with Crippen molar-refractivity contribution in [3.63, 3.8) is 0 Å². The summed E-state index contributed by atoms with van der Waals surface area (Å²) in [4.78, 5) is 18.5. The van der Waals surface area contributed by atoms with Crippen molar-refractivity contribution in [2.45, 2.75) is 44.6 Å². The zero-order chi connectivity index (χ0) is 21.3. The number of unbranched alkanes of at least 4 members (excludes halogenated alkanes) is 1. The van der Waals surface area contributed by atoms with E-state index in [4.69, 9.17) is 0 Å². The van der Waals surface area contributed by atoms with Gasteiger partial charge in [-0.1, -0.05) is 74.0 Å². The maximum atomic E-state index is 13.8. The van der Waals surface area contributed by atoms with Crippen LogP contribution in [0.25, 0.3) is 10.8 Å². The molecule has 1 saturated heterocycles. The first-order chi connectivity index (χ1) is 15.2. The molecule has 0 aromatic heterocycles. The Morgan fingerprint density at radius 1 is 0.935 bits per heavy atom. The first kappa shape index (κ1) is 20.3. The predicted molar refractivity (Wildman–Crippen MR) is 127 cm³/mol. The molecule has 3 aromatic carbocycles. The third-order valence-corrected chi connectivity index (χ3v) is 7.39. The van der Waals surface area contributed by atoms with E-state index >= 15 is 0 Å². The van der Waals surface area contributed by atoms with E-state index in [9.17, 15) is 4.79 Å². The lowest BCUT2D eigenvalue weighted by atomic mass is 9.68. The van der Waals surface area contributed by atoms with E-state index in [1.54, 1.807) is 0 Å². The van der Waals surface area contributed by atoms with Gasteiger partial charge in [-0.2, -0.15) is 0 Å². The minimum atomic E-state index is 0.0812. The summed E-state index contributed by atoms with van der Waals surface area (Å²) >= 11 is 0. The van der Waals surface area contributed by atoms with E-state index in [-0.39, 0.29) is 11.3 Å². The number of piperidine rings is 1. The lowest BCUT2D eigenvalue weighted by Gasteiger charge is -2.48. The Hall–Kier alpha value is -2.65. The van der Waals surface area contributed by atoms with E-state index in [0.717, 1.165) is 48.8 Å². The molecule has 3 heteroatoms. The van der Waals surface area contributed by atoms with Gasteiger partial charge in [-0.3, -0.25) is 4.79 Å². The van der Waals surface area contributed by atoms with Gasteiger partial charge in [0, 0.05) is 24.1 Å². The summed E-state index contributed by atoms with van der Waals surface area (Å²) in [6.07, 6.45) is 4.78. The van der Waals surface area contributed by atoms with Gasteiger partial charge in [0.05, 0.1) is 0 Å². The second-order valence-corrected chi connectivity index (χ2v) is 9.32. The smallest absolute Gasteiger partial charge is 0.254 e. The van der Waals surface area contributed by atoms with E-state index in [1.165, 1.54) is 30.5 Å². The van der Waals surface area contributed by atoms with Gasteiger partial charge in [-0.15, -0.1) is 0 Å². The largest absolute Gasteiger partial charge is 0.333 e. The highest BCUT2D eigenvalue weighted by Gasteiger charge is 2.43. The topological polar surface area (TPSA) is 23.6 Å². The van der Waals surface area contributed by atoms with Crippen LogP contribution in [0.4, 0.5) is 0 Å². The van der Waals surface area contributed by atoms with Crippen molar-refractivity contribution in [2.75, 3.05) is 26.2 Å². The standard InChI is InChI=1S/C28H32N2O/c1-2-3-17-29-18-15-28(16-19-29)21-30(20-23-10-5-7-14-26(23)28)27(31)25-13-8-11-22-9-4-6-12-24(22)25/h4-14H,2-3,15-21H2,1H3. The van der Waals surface area contributed by atoms with Gasteiger partial charge in [-0.05, 0) is 66.9 Å².